The van der Waals surface area contributed by atoms with Crippen LogP contribution in [0.2, 0.25) is 0 Å². The summed E-state index contributed by atoms with van der Waals surface area (Å²) in [7, 11) is 0. The maximum atomic E-state index is 12.5. The molecule has 1 aromatic heterocycles. The smallest absolute Gasteiger partial charge is 0.311 e. The average Bonchev–Trinajstić information content (AvgIpc) is 2.21. The van der Waals surface area contributed by atoms with E-state index < -0.39 is 12.4 Å². The molecule has 0 aliphatic heterocycles. The molecule has 1 aromatic rings. The molecule has 0 fully saturated rings. The second-order valence-electron chi connectivity index (χ2n) is 2.94. The molecular formula is C10H10BrF2NO2. The normalized spacial score (nSPS) is 10.6. The van der Waals surface area contributed by atoms with E-state index in [1.54, 1.807) is 6.92 Å². The molecule has 0 unspecified atom stereocenters. The molecule has 88 valence electrons. The third kappa shape index (κ3) is 3.23. The van der Waals surface area contributed by atoms with E-state index in [2.05, 4.69) is 20.9 Å². The van der Waals surface area contributed by atoms with Crippen LogP contribution in [0.3, 0.4) is 0 Å². The second-order valence-corrected chi connectivity index (χ2v) is 3.74. The van der Waals surface area contributed by atoms with Gasteiger partial charge in [0, 0.05) is 16.2 Å². The summed E-state index contributed by atoms with van der Waals surface area (Å²) in [4.78, 5) is 15.0. The molecule has 0 N–H and O–H groups in total. The van der Waals surface area contributed by atoms with Gasteiger partial charge < -0.3 is 4.74 Å². The molecule has 0 aliphatic rings. The fourth-order valence-corrected chi connectivity index (χ4v) is 1.69. The standard InChI is InChI=1S/C10H10BrF2NO2/c1-2-16-8(15)5-7-9(11)6(10(12)13)3-4-14-7/h3-4,10H,2,5H2,1H3. The van der Waals surface area contributed by atoms with Gasteiger partial charge in [0.1, 0.15) is 0 Å². The third-order valence-electron chi connectivity index (χ3n) is 1.84. The lowest BCUT2D eigenvalue weighted by molar-refractivity contribution is -0.142. The first-order chi connectivity index (χ1) is 7.56. The summed E-state index contributed by atoms with van der Waals surface area (Å²) in [5.74, 6) is -0.484. The lowest BCUT2D eigenvalue weighted by Crippen LogP contribution is -2.10. The van der Waals surface area contributed by atoms with Crippen molar-refractivity contribution in [1.29, 1.82) is 0 Å². The van der Waals surface area contributed by atoms with Crippen molar-refractivity contribution in [2.75, 3.05) is 6.61 Å². The minimum atomic E-state index is -2.60. The number of hydrogen-bond donors (Lipinski definition) is 0. The van der Waals surface area contributed by atoms with Crippen molar-refractivity contribution in [3.63, 3.8) is 0 Å². The van der Waals surface area contributed by atoms with Crippen LogP contribution in [0.25, 0.3) is 0 Å². The molecule has 0 bridgehead atoms. The van der Waals surface area contributed by atoms with Crippen molar-refractivity contribution in [3.8, 4) is 0 Å². The van der Waals surface area contributed by atoms with Gasteiger partial charge in [-0.2, -0.15) is 0 Å². The Morgan fingerprint density at radius 2 is 2.31 bits per heavy atom. The number of carbonyl (C=O) groups is 1. The van der Waals surface area contributed by atoms with Crippen LogP contribution in [-0.4, -0.2) is 17.6 Å². The van der Waals surface area contributed by atoms with E-state index in [1.165, 1.54) is 12.3 Å². The first-order valence-corrected chi connectivity index (χ1v) is 5.42. The summed E-state index contributed by atoms with van der Waals surface area (Å²) in [6, 6.07) is 1.21. The van der Waals surface area contributed by atoms with Gasteiger partial charge in [0.25, 0.3) is 6.43 Å². The van der Waals surface area contributed by atoms with Gasteiger partial charge in [-0.1, -0.05) is 0 Å². The summed E-state index contributed by atoms with van der Waals surface area (Å²) in [6.07, 6.45) is -1.46. The number of aromatic nitrogens is 1. The van der Waals surface area contributed by atoms with E-state index in [0.29, 0.717) is 0 Å². The Balaban J connectivity index is 2.89. The van der Waals surface area contributed by atoms with Crippen LogP contribution >= 0.6 is 15.9 Å². The molecule has 0 radical (unpaired) electrons. The van der Waals surface area contributed by atoms with Gasteiger partial charge in [-0.25, -0.2) is 8.78 Å². The van der Waals surface area contributed by atoms with Crippen LogP contribution in [0.5, 0.6) is 0 Å². The number of carbonyl (C=O) groups excluding carboxylic acids is 1. The summed E-state index contributed by atoms with van der Waals surface area (Å²) >= 11 is 3.01. The van der Waals surface area contributed by atoms with Gasteiger partial charge in [-0.3, -0.25) is 9.78 Å². The highest BCUT2D eigenvalue weighted by molar-refractivity contribution is 9.10. The minimum Gasteiger partial charge on any atom is -0.466 e. The van der Waals surface area contributed by atoms with E-state index in [1.807, 2.05) is 0 Å². The molecular weight excluding hydrogens is 284 g/mol. The Hall–Kier alpha value is -1.04. The first kappa shape index (κ1) is 13.0. The molecule has 0 saturated carbocycles. The quantitative estimate of drug-likeness (QED) is 0.802. The highest BCUT2D eigenvalue weighted by atomic mass is 79.9. The average molecular weight is 294 g/mol. The molecule has 0 aromatic carbocycles. The van der Waals surface area contributed by atoms with Crippen molar-refractivity contribution < 1.29 is 18.3 Å². The summed E-state index contributed by atoms with van der Waals surface area (Å²) in [5, 5.41) is 0. The Bertz CT molecular complexity index is 385. The van der Waals surface area contributed by atoms with Crippen LogP contribution in [0, 0.1) is 0 Å². The van der Waals surface area contributed by atoms with Crippen LogP contribution in [0.1, 0.15) is 24.6 Å². The number of rotatable bonds is 4. The van der Waals surface area contributed by atoms with Crippen LogP contribution in [0.15, 0.2) is 16.7 Å². The monoisotopic (exact) mass is 293 g/mol. The van der Waals surface area contributed by atoms with E-state index >= 15 is 0 Å². The zero-order valence-corrected chi connectivity index (χ0v) is 10.1. The number of nitrogens with zero attached hydrogens (tertiary/aromatic N) is 1. The number of hydrogen-bond acceptors (Lipinski definition) is 3. The van der Waals surface area contributed by atoms with Crippen molar-refractivity contribution in [2.24, 2.45) is 0 Å². The predicted molar refractivity (Wildman–Crippen MR) is 57.2 cm³/mol. The maximum Gasteiger partial charge on any atom is 0.311 e. The largest absolute Gasteiger partial charge is 0.466 e. The summed E-state index contributed by atoms with van der Waals surface area (Å²) < 4.78 is 29.9. The Morgan fingerprint density at radius 3 is 2.88 bits per heavy atom. The molecule has 0 saturated heterocycles. The molecule has 0 spiro atoms. The van der Waals surface area contributed by atoms with Gasteiger partial charge in [0.2, 0.25) is 0 Å². The lowest BCUT2D eigenvalue weighted by Gasteiger charge is -2.07. The Labute approximate surface area is 99.9 Å². The topological polar surface area (TPSA) is 39.2 Å². The van der Waals surface area contributed by atoms with E-state index in [4.69, 9.17) is 4.74 Å². The molecule has 0 atom stereocenters. The van der Waals surface area contributed by atoms with Gasteiger partial charge >= 0.3 is 5.97 Å². The van der Waals surface area contributed by atoms with Crippen molar-refractivity contribution in [2.45, 2.75) is 19.8 Å². The third-order valence-corrected chi connectivity index (χ3v) is 2.76. The van der Waals surface area contributed by atoms with Crippen LogP contribution < -0.4 is 0 Å². The van der Waals surface area contributed by atoms with Crippen molar-refractivity contribution in [1.82, 2.24) is 4.98 Å². The summed E-state index contributed by atoms with van der Waals surface area (Å²) in [6.45, 7) is 1.93. The zero-order chi connectivity index (χ0) is 12.1. The molecule has 0 amide bonds. The fraction of sp³-hybridized carbons (Fsp3) is 0.400. The number of ether oxygens (including phenoxy) is 1. The van der Waals surface area contributed by atoms with Crippen molar-refractivity contribution >= 4 is 21.9 Å². The second kappa shape index (κ2) is 5.89. The van der Waals surface area contributed by atoms with Gasteiger partial charge in [-0.05, 0) is 28.9 Å². The number of alkyl halides is 2. The SMILES string of the molecule is CCOC(=O)Cc1nccc(C(F)F)c1Br. The fourth-order valence-electron chi connectivity index (χ4n) is 1.14. The minimum absolute atomic E-state index is 0.116. The lowest BCUT2D eigenvalue weighted by atomic mass is 10.2. The molecule has 3 nitrogen and oxygen atoms in total. The summed E-state index contributed by atoms with van der Waals surface area (Å²) in [5.41, 5.74) is 0.0885. The highest BCUT2D eigenvalue weighted by Crippen LogP contribution is 2.29. The van der Waals surface area contributed by atoms with Crippen molar-refractivity contribution in [3.05, 3.63) is 28.0 Å². The number of esters is 1. The van der Waals surface area contributed by atoms with Gasteiger partial charge in [0.15, 0.2) is 0 Å². The van der Waals surface area contributed by atoms with E-state index in [-0.39, 0.29) is 28.8 Å². The first-order valence-electron chi connectivity index (χ1n) is 4.63. The number of pyridine rings is 1. The van der Waals surface area contributed by atoms with Crippen LogP contribution in [0.4, 0.5) is 8.78 Å². The van der Waals surface area contributed by atoms with E-state index in [9.17, 15) is 13.6 Å². The molecule has 16 heavy (non-hydrogen) atoms. The predicted octanol–water partition coefficient (Wildman–Crippen LogP) is 2.89. The van der Waals surface area contributed by atoms with Gasteiger partial charge in [0.05, 0.1) is 18.7 Å². The Morgan fingerprint density at radius 1 is 1.62 bits per heavy atom. The Kier molecular flexibility index (Phi) is 4.79. The van der Waals surface area contributed by atoms with Gasteiger partial charge in [-0.15, -0.1) is 0 Å². The molecule has 1 heterocycles. The molecule has 6 heteroatoms. The van der Waals surface area contributed by atoms with Crippen LogP contribution in [-0.2, 0) is 16.0 Å². The highest BCUT2D eigenvalue weighted by Gasteiger charge is 2.17. The maximum absolute atomic E-state index is 12.5. The number of halogens is 3. The van der Waals surface area contributed by atoms with E-state index in [0.717, 1.165) is 0 Å². The molecule has 0 aliphatic carbocycles. The zero-order valence-electron chi connectivity index (χ0n) is 8.54. The molecule has 1 rings (SSSR count).